The van der Waals surface area contributed by atoms with Gasteiger partial charge in [-0.25, -0.2) is 14.6 Å². The molecule has 39 heavy (non-hydrogen) atoms. The molecule has 0 unspecified atom stereocenters. The fraction of sp³-hybridized carbons (Fsp3) is 0.200. The maximum atomic E-state index is 13.4. The van der Waals surface area contributed by atoms with Crippen LogP contribution in [0.5, 0.6) is 0 Å². The summed E-state index contributed by atoms with van der Waals surface area (Å²) in [7, 11) is 0. The second-order valence-corrected chi connectivity index (χ2v) is 8.88. The molecule has 200 valence electrons. The third-order valence-electron chi connectivity index (χ3n) is 5.91. The van der Waals surface area contributed by atoms with Crippen LogP contribution in [-0.4, -0.2) is 40.0 Å². The Bertz CT molecular complexity index is 1320. The zero-order valence-corrected chi connectivity index (χ0v) is 21.3. The highest BCUT2D eigenvalue weighted by atomic mass is 16.5. The predicted octanol–water partition coefficient (Wildman–Crippen LogP) is 3.72. The maximum Gasteiger partial charge on any atom is 0.408 e. The fourth-order valence-corrected chi connectivity index (χ4v) is 3.88. The second-order valence-electron chi connectivity index (χ2n) is 8.88. The number of rotatable bonds is 12. The molecule has 4 aromatic rings. The molecule has 9 nitrogen and oxygen atoms in total. The molecular formula is C30H30N4O5. The number of carbonyl (C=O) groups excluding carboxylic acids is 3. The minimum absolute atomic E-state index is 0.0491. The van der Waals surface area contributed by atoms with Gasteiger partial charge in [0.1, 0.15) is 25.3 Å². The Kier molecular flexibility index (Phi) is 9.83. The van der Waals surface area contributed by atoms with Crippen LogP contribution >= 0.6 is 0 Å². The lowest BCUT2D eigenvalue weighted by atomic mass is 10.0. The number of benzene rings is 3. The smallest absolute Gasteiger partial charge is 0.408 e. The van der Waals surface area contributed by atoms with E-state index in [-0.39, 0.29) is 26.1 Å². The highest BCUT2D eigenvalue weighted by molar-refractivity contribution is 5.90. The SMILES string of the molecule is O=C(N[C@H](Cc1cnc[nH]1)C(=O)N[C@@H](Cc1ccccc1)C(=O)OCc1ccccc1)OCc1ccccc1. The number of nitrogens with one attached hydrogen (secondary N) is 3. The third-order valence-corrected chi connectivity index (χ3v) is 5.91. The molecule has 3 N–H and O–H groups in total. The summed E-state index contributed by atoms with van der Waals surface area (Å²) >= 11 is 0. The van der Waals surface area contributed by atoms with Crippen LogP contribution in [-0.2, 0) is 45.1 Å². The molecule has 0 spiro atoms. The Labute approximate surface area is 226 Å². The number of ether oxygens (including phenoxy) is 2. The Morgan fingerprint density at radius 3 is 1.82 bits per heavy atom. The number of hydrogen-bond acceptors (Lipinski definition) is 6. The van der Waals surface area contributed by atoms with E-state index >= 15 is 0 Å². The van der Waals surface area contributed by atoms with Crippen molar-refractivity contribution in [2.45, 2.75) is 38.1 Å². The van der Waals surface area contributed by atoms with Gasteiger partial charge in [-0.05, 0) is 16.7 Å². The van der Waals surface area contributed by atoms with E-state index in [1.54, 1.807) is 6.20 Å². The van der Waals surface area contributed by atoms with E-state index in [1.807, 2.05) is 91.0 Å². The number of imidazole rings is 1. The summed E-state index contributed by atoms with van der Waals surface area (Å²) in [6.45, 7) is 0.121. The average molecular weight is 527 g/mol. The molecule has 3 aromatic carbocycles. The van der Waals surface area contributed by atoms with Gasteiger partial charge in [-0.2, -0.15) is 0 Å². The average Bonchev–Trinajstić information content (AvgIpc) is 3.49. The largest absolute Gasteiger partial charge is 0.459 e. The van der Waals surface area contributed by atoms with Crippen LogP contribution in [0.2, 0.25) is 0 Å². The summed E-state index contributed by atoms with van der Waals surface area (Å²) in [6, 6.07) is 25.8. The number of nitrogens with zero attached hydrogens (tertiary/aromatic N) is 1. The molecule has 1 aromatic heterocycles. The summed E-state index contributed by atoms with van der Waals surface area (Å²) in [5.41, 5.74) is 3.12. The lowest BCUT2D eigenvalue weighted by Crippen LogP contribution is -2.53. The van der Waals surface area contributed by atoms with E-state index in [1.165, 1.54) is 6.33 Å². The van der Waals surface area contributed by atoms with Gasteiger partial charge >= 0.3 is 12.1 Å². The molecule has 0 fully saturated rings. The maximum absolute atomic E-state index is 13.4. The van der Waals surface area contributed by atoms with E-state index in [2.05, 4.69) is 20.6 Å². The van der Waals surface area contributed by atoms with Crippen molar-refractivity contribution < 1.29 is 23.9 Å². The van der Waals surface area contributed by atoms with Gasteiger partial charge in [-0.3, -0.25) is 4.79 Å². The standard InChI is InChI=1S/C30H30N4O5/c35-28(26(17-25-18-31-21-32-25)34-30(37)39-20-24-14-8-3-9-15-24)33-27(16-22-10-4-1-5-11-22)29(36)38-19-23-12-6-2-7-13-23/h1-15,18,21,26-27H,16-17,19-20H2,(H,31,32)(H,33,35)(H,34,37)/t26-,27+/m1/s1. The van der Waals surface area contributed by atoms with Crippen LogP contribution < -0.4 is 10.6 Å². The Morgan fingerprint density at radius 1 is 0.692 bits per heavy atom. The quantitative estimate of drug-likeness (QED) is 0.242. The van der Waals surface area contributed by atoms with Crippen LogP contribution in [0, 0.1) is 0 Å². The van der Waals surface area contributed by atoms with Gasteiger partial charge in [0, 0.05) is 24.7 Å². The molecular weight excluding hydrogens is 496 g/mol. The van der Waals surface area contributed by atoms with Gasteiger partial charge in [0.15, 0.2) is 0 Å². The molecule has 0 bridgehead atoms. The lowest BCUT2D eigenvalue weighted by molar-refractivity contribution is -0.149. The van der Waals surface area contributed by atoms with E-state index in [9.17, 15) is 14.4 Å². The minimum atomic E-state index is -1.03. The number of amides is 2. The molecule has 9 heteroatoms. The van der Waals surface area contributed by atoms with Gasteiger partial charge in [0.2, 0.25) is 5.91 Å². The summed E-state index contributed by atoms with van der Waals surface area (Å²) < 4.78 is 10.9. The highest BCUT2D eigenvalue weighted by Crippen LogP contribution is 2.09. The van der Waals surface area contributed by atoms with Crippen LogP contribution in [0.25, 0.3) is 0 Å². The fourth-order valence-electron chi connectivity index (χ4n) is 3.88. The van der Waals surface area contributed by atoms with Gasteiger partial charge in [0.05, 0.1) is 6.33 Å². The number of esters is 1. The molecule has 0 aliphatic heterocycles. The number of aromatic nitrogens is 2. The topological polar surface area (TPSA) is 122 Å². The molecule has 0 aliphatic rings. The van der Waals surface area contributed by atoms with E-state index < -0.39 is 30.1 Å². The number of aromatic amines is 1. The van der Waals surface area contributed by atoms with Crippen molar-refractivity contribution in [2.24, 2.45) is 0 Å². The molecule has 2 atom stereocenters. The molecule has 0 saturated carbocycles. The van der Waals surface area contributed by atoms with Crippen molar-refractivity contribution in [2.75, 3.05) is 0 Å². The summed E-state index contributed by atoms with van der Waals surface area (Å²) in [4.78, 5) is 46.1. The monoisotopic (exact) mass is 526 g/mol. The minimum Gasteiger partial charge on any atom is -0.459 e. The van der Waals surface area contributed by atoms with E-state index in [0.29, 0.717) is 5.69 Å². The van der Waals surface area contributed by atoms with Crippen molar-refractivity contribution in [3.63, 3.8) is 0 Å². The van der Waals surface area contributed by atoms with E-state index in [4.69, 9.17) is 9.47 Å². The first-order valence-electron chi connectivity index (χ1n) is 12.6. The second kappa shape index (κ2) is 14.1. The number of carbonyl (C=O) groups is 3. The van der Waals surface area contributed by atoms with Gasteiger partial charge in [0.25, 0.3) is 0 Å². The highest BCUT2D eigenvalue weighted by Gasteiger charge is 2.29. The lowest BCUT2D eigenvalue weighted by Gasteiger charge is -2.22. The van der Waals surface area contributed by atoms with Gasteiger partial charge in [-0.15, -0.1) is 0 Å². The molecule has 0 radical (unpaired) electrons. The van der Waals surface area contributed by atoms with Crippen LogP contribution in [0.4, 0.5) is 4.79 Å². The molecule has 1 heterocycles. The van der Waals surface area contributed by atoms with Crippen LogP contribution in [0.1, 0.15) is 22.4 Å². The van der Waals surface area contributed by atoms with Crippen molar-refractivity contribution >= 4 is 18.0 Å². The van der Waals surface area contributed by atoms with Gasteiger partial charge in [-0.1, -0.05) is 91.0 Å². The van der Waals surface area contributed by atoms with E-state index in [0.717, 1.165) is 16.7 Å². The Hall–Kier alpha value is -4.92. The number of alkyl carbamates (subject to hydrolysis) is 1. The van der Waals surface area contributed by atoms with Crippen molar-refractivity contribution in [1.82, 2.24) is 20.6 Å². The normalized spacial score (nSPS) is 12.1. The first-order valence-corrected chi connectivity index (χ1v) is 12.6. The Balaban J connectivity index is 1.45. The van der Waals surface area contributed by atoms with Crippen LogP contribution in [0.15, 0.2) is 104 Å². The Morgan fingerprint density at radius 2 is 1.26 bits per heavy atom. The molecule has 0 saturated heterocycles. The first kappa shape index (κ1) is 27.1. The number of hydrogen-bond donors (Lipinski definition) is 3. The van der Waals surface area contributed by atoms with Crippen molar-refractivity contribution in [1.29, 1.82) is 0 Å². The predicted molar refractivity (Wildman–Crippen MR) is 144 cm³/mol. The third kappa shape index (κ3) is 8.85. The summed E-state index contributed by atoms with van der Waals surface area (Å²) in [5.74, 6) is -1.14. The van der Waals surface area contributed by atoms with Gasteiger partial charge < -0.3 is 25.1 Å². The van der Waals surface area contributed by atoms with Crippen LogP contribution in [0.3, 0.4) is 0 Å². The number of H-pyrrole nitrogens is 1. The summed E-state index contributed by atoms with van der Waals surface area (Å²) in [6.07, 6.45) is 2.62. The zero-order valence-electron chi connectivity index (χ0n) is 21.3. The molecule has 2 amide bonds. The first-order chi connectivity index (χ1) is 19.1. The van der Waals surface area contributed by atoms with Crippen molar-refractivity contribution in [3.05, 3.63) is 126 Å². The molecule has 4 rings (SSSR count). The summed E-state index contributed by atoms with van der Waals surface area (Å²) in [5, 5.41) is 5.39. The molecule has 0 aliphatic carbocycles. The zero-order chi connectivity index (χ0) is 27.3. The van der Waals surface area contributed by atoms with Crippen molar-refractivity contribution in [3.8, 4) is 0 Å².